The van der Waals surface area contributed by atoms with Gasteiger partial charge in [0.1, 0.15) is 17.3 Å². The molecule has 32 heavy (non-hydrogen) atoms. The lowest BCUT2D eigenvalue weighted by molar-refractivity contribution is 0.424. The normalized spacial score (nSPS) is 8.41. The van der Waals surface area contributed by atoms with Gasteiger partial charge in [-0.2, -0.15) is 9.97 Å². The van der Waals surface area contributed by atoms with Gasteiger partial charge >= 0.3 is 0 Å². The zero-order chi connectivity index (χ0) is 24.9. The van der Waals surface area contributed by atoms with E-state index in [0.717, 1.165) is 17.1 Å². The zero-order valence-electron chi connectivity index (χ0n) is 21.1. The standard InChI is InChI=1S/C18H16N2O2.C2H6N2.3C2H6/c1-13-17(21-15-9-5-3-6-10-15)19-14(2)20-18(13)22-16-11-7-4-8-12-16;1-2(3)4;3*1-2/h3-12H,1-2H3;1H3,(H3,3,4);3*1-2H3. The average molecular weight is 441 g/mol. The fraction of sp³-hybridized carbons (Fsp3) is 0.346. The molecule has 0 aliphatic rings. The molecule has 0 atom stereocenters. The fourth-order valence-electron chi connectivity index (χ4n) is 1.98. The lowest BCUT2D eigenvalue weighted by atomic mass is 10.3. The number of aromatic nitrogens is 2. The number of amidine groups is 1. The highest BCUT2D eigenvalue weighted by atomic mass is 16.5. The maximum Gasteiger partial charge on any atom is 0.229 e. The third-order valence-corrected chi connectivity index (χ3v) is 3.08. The molecule has 176 valence electrons. The minimum Gasteiger partial charge on any atom is -0.438 e. The highest BCUT2D eigenvalue weighted by Gasteiger charge is 2.13. The molecule has 0 unspecified atom stereocenters. The molecule has 6 nitrogen and oxygen atoms in total. The van der Waals surface area contributed by atoms with Crippen molar-refractivity contribution >= 4 is 5.84 Å². The van der Waals surface area contributed by atoms with Crippen LogP contribution in [0.4, 0.5) is 0 Å². The number of aryl methyl sites for hydroxylation is 1. The van der Waals surface area contributed by atoms with E-state index in [2.05, 4.69) is 9.97 Å². The van der Waals surface area contributed by atoms with E-state index in [1.165, 1.54) is 6.92 Å². The largest absolute Gasteiger partial charge is 0.438 e. The van der Waals surface area contributed by atoms with Gasteiger partial charge in [0, 0.05) is 0 Å². The van der Waals surface area contributed by atoms with Crippen molar-refractivity contribution in [3.8, 4) is 23.3 Å². The van der Waals surface area contributed by atoms with E-state index in [1.54, 1.807) is 0 Å². The first kappa shape index (κ1) is 30.8. The Balaban J connectivity index is 0. The summed E-state index contributed by atoms with van der Waals surface area (Å²) in [4.78, 5) is 8.71. The van der Waals surface area contributed by atoms with Gasteiger partial charge in [-0.05, 0) is 45.0 Å². The lowest BCUT2D eigenvalue weighted by Crippen LogP contribution is -2.00. The van der Waals surface area contributed by atoms with Gasteiger partial charge in [-0.1, -0.05) is 77.9 Å². The summed E-state index contributed by atoms with van der Waals surface area (Å²) in [5.74, 6) is 3.24. The molecular weight excluding hydrogens is 400 g/mol. The van der Waals surface area contributed by atoms with E-state index in [1.807, 2.05) is 116 Å². The Hall–Kier alpha value is -3.41. The molecule has 0 bridgehead atoms. The predicted molar refractivity (Wildman–Crippen MR) is 136 cm³/mol. The summed E-state index contributed by atoms with van der Waals surface area (Å²) < 4.78 is 11.7. The minimum atomic E-state index is 0.167. The summed E-state index contributed by atoms with van der Waals surface area (Å²) in [5.41, 5.74) is 5.46. The molecule has 0 radical (unpaired) electrons. The van der Waals surface area contributed by atoms with Crippen molar-refractivity contribution in [3.05, 3.63) is 72.1 Å². The lowest BCUT2D eigenvalue weighted by Gasteiger charge is -2.12. The minimum absolute atomic E-state index is 0.167. The molecule has 3 aromatic rings. The first-order valence-electron chi connectivity index (χ1n) is 11.1. The number of nitrogens with two attached hydrogens (primary N) is 1. The monoisotopic (exact) mass is 440 g/mol. The Labute approximate surface area is 194 Å². The van der Waals surface area contributed by atoms with Crippen LogP contribution >= 0.6 is 0 Å². The fourth-order valence-corrected chi connectivity index (χ4v) is 1.98. The number of nitrogens with one attached hydrogen (secondary N) is 1. The molecule has 6 heteroatoms. The predicted octanol–water partition coefficient (Wildman–Crippen LogP) is 7.70. The summed E-state index contributed by atoms with van der Waals surface area (Å²) in [6, 6.07) is 19.1. The average Bonchev–Trinajstić information content (AvgIpc) is 2.82. The molecule has 0 amide bonds. The van der Waals surface area contributed by atoms with E-state index in [0.29, 0.717) is 17.6 Å². The van der Waals surface area contributed by atoms with Crippen molar-refractivity contribution in [2.24, 2.45) is 5.73 Å². The smallest absolute Gasteiger partial charge is 0.229 e. The van der Waals surface area contributed by atoms with E-state index < -0.39 is 0 Å². The second kappa shape index (κ2) is 19.5. The van der Waals surface area contributed by atoms with Gasteiger partial charge in [-0.3, -0.25) is 5.41 Å². The van der Waals surface area contributed by atoms with Crippen LogP contribution < -0.4 is 15.2 Å². The SMILES string of the molecule is CC.CC.CC.CC(=N)N.Cc1nc(Oc2ccccc2)c(C)c(Oc2ccccc2)n1. The first-order valence-corrected chi connectivity index (χ1v) is 11.1. The van der Waals surface area contributed by atoms with E-state index in [9.17, 15) is 0 Å². The molecule has 1 aromatic heterocycles. The number of rotatable bonds is 4. The molecule has 1 heterocycles. The number of benzene rings is 2. The molecule has 3 N–H and O–H groups in total. The summed E-state index contributed by atoms with van der Waals surface area (Å²) >= 11 is 0. The molecule has 0 aliphatic carbocycles. The van der Waals surface area contributed by atoms with E-state index in [4.69, 9.17) is 20.6 Å². The van der Waals surface area contributed by atoms with E-state index >= 15 is 0 Å². The second-order valence-electron chi connectivity index (χ2n) is 5.52. The van der Waals surface area contributed by atoms with Crippen LogP contribution in [0.5, 0.6) is 23.3 Å². The van der Waals surface area contributed by atoms with Gasteiger partial charge in [0.05, 0.1) is 11.4 Å². The van der Waals surface area contributed by atoms with Crippen LogP contribution in [-0.4, -0.2) is 15.8 Å². The summed E-state index contributed by atoms with van der Waals surface area (Å²) in [6.45, 7) is 17.2. The van der Waals surface area contributed by atoms with Crippen molar-refractivity contribution in [3.63, 3.8) is 0 Å². The molecule has 0 spiro atoms. The molecule has 0 fully saturated rings. The van der Waals surface area contributed by atoms with Gasteiger partial charge in [0.2, 0.25) is 11.8 Å². The Morgan fingerprint density at radius 1 is 0.688 bits per heavy atom. The first-order chi connectivity index (χ1) is 15.5. The Kier molecular flexibility index (Phi) is 18.8. The maximum absolute atomic E-state index is 6.28. The number of ether oxygens (including phenoxy) is 2. The van der Waals surface area contributed by atoms with Crippen LogP contribution in [0.15, 0.2) is 60.7 Å². The zero-order valence-corrected chi connectivity index (χ0v) is 21.1. The van der Waals surface area contributed by atoms with Crippen molar-refractivity contribution in [1.82, 2.24) is 9.97 Å². The summed E-state index contributed by atoms with van der Waals surface area (Å²) in [5, 5.41) is 6.28. The maximum atomic E-state index is 6.28. The summed E-state index contributed by atoms with van der Waals surface area (Å²) in [6.07, 6.45) is 0. The van der Waals surface area contributed by atoms with Gasteiger partial charge in [-0.15, -0.1) is 0 Å². The molecule has 0 aliphatic heterocycles. The Morgan fingerprint density at radius 3 is 1.25 bits per heavy atom. The third kappa shape index (κ3) is 13.0. The van der Waals surface area contributed by atoms with Gasteiger partial charge in [0.25, 0.3) is 0 Å². The number of hydrogen-bond acceptors (Lipinski definition) is 5. The Morgan fingerprint density at radius 2 is 0.969 bits per heavy atom. The van der Waals surface area contributed by atoms with Crippen LogP contribution in [0.2, 0.25) is 0 Å². The third-order valence-electron chi connectivity index (χ3n) is 3.08. The number of para-hydroxylation sites is 2. The van der Waals surface area contributed by atoms with Crippen molar-refractivity contribution in [1.29, 1.82) is 5.41 Å². The molecule has 0 saturated heterocycles. The number of hydrogen-bond donors (Lipinski definition) is 2. The molecular formula is C26H40N4O2. The molecule has 0 saturated carbocycles. The highest BCUT2D eigenvalue weighted by Crippen LogP contribution is 2.30. The Bertz CT molecular complexity index is 788. The van der Waals surface area contributed by atoms with Crippen molar-refractivity contribution < 1.29 is 9.47 Å². The topological polar surface area (TPSA) is 94.1 Å². The van der Waals surface area contributed by atoms with Crippen molar-refractivity contribution in [2.45, 2.75) is 62.3 Å². The van der Waals surface area contributed by atoms with Crippen LogP contribution in [0.25, 0.3) is 0 Å². The van der Waals surface area contributed by atoms with Crippen LogP contribution in [0, 0.1) is 19.3 Å². The van der Waals surface area contributed by atoms with Crippen LogP contribution in [0.3, 0.4) is 0 Å². The molecule has 2 aromatic carbocycles. The second-order valence-corrected chi connectivity index (χ2v) is 5.52. The number of nitrogens with zero attached hydrogens (tertiary/aromatic N) is 2. The summed E-state index contributed by atoms with van der Waals surface area (Å²) in [7, 11) is 0. The quantitative estimate of drug-likeness (QED) is 0.320. The highest BCUT2D eigenvalue weighted by molar-refractivity contribution is 5.73. The van der Waals surface area contributed by atoms with Crippen molar-refractivity contribution in [2.75, 3.05) is 0 Å². The van der Waals surface area contributed by atoms with Crippen LogP contribution in [-0.2, 0) is 0 Å². The molecule has 3 rings (SSSR count). The van der Waals surface area contributed by atoms with Crippen LogP contribution in [0.1, 0.15) is 59.9 Å². The van der Waals surface area contributed by atoms with Gasteiger partial charge in [-0.25, -0.2) is 0 Å². The van der Waals surface area contributed by atoms with Gasteiger partial charge in [0.15, 0.2) is 0 Å². The van der Waals surface area contributed by atoms with E-state index in [-0.39, 0.29) is 5.84 Å². The van der Waals surface area contributed by atoms with Gasteiger partial charge < -0.3 is 15.2 Å².